The first-order chi connectivity index (χ1) is 9.93. The Morgan fingerprint density at radius 3 is 1.48 bits per heavy atom. The first kappa shape index (κ1) is 15.1. The predicted octanol–water partition coefficient (Wildman–Crippen LogP) is 3.80. The van der Waals surface area contributed by atoms with Crippen LogP contribution in [0.25, 0.3) is 12.2 Å². The van der Waals surface area contributed by atoms with E-state index in [2.05, 4.69) is 12.2 Å². The zero-order valence-corrected chi connectivity index (χ0v) is 11.9. The first-order valence-electron chi connectivity index (χ1n) is 6.70. The van der Waals surface area contributed by atoms with Gasteiger partial charge in [-0.2, -0.15) is 0 Å². The van der Waals surface area contributed by atoms with Gasteiger partial charge in [0, 0.05) is 11.1 Å². The molecule has 4 rings (SSSR count). The van der Waals surface area contributed by atoms with Crippen molar-refractivity contribution in [3.05, 3.63) is 71.8 Å². The number of benzene rings is 2. The normalized spacial score (nSPS) is 13.3. The Bertz CT molecular complexity index is 590. The van der Waals surface area contributed by atoms with Crippen LogP contribution in [0.2, 0.25) is 0 Å². The van der Waals surface area contributed by atoms with Crippen molar-refractivity contribution in [1.82, 2.24) is 0 Å². The van der Waals surface area contributed by atoms with Gasteiger partial charge in [-0.15, -0.1) is 0 Å². The van der Waals surface area contributed by atoms with E-state index in [1.807, 2.05) is 60.7 Å². The molecule has 0 aromatic heterocycles. The molecule has 0 bridgehead atoms. The molecule has 0 atom stereocenters. The molecule has 2 heterocycles. The van der Waals surface area contributed by atoms with Gasteiger partial charge in [0.1, 0.15) is 24.7 Å². The fourth-order valence-corrected chi connectivity index (χ4v) is 2.13. The van der Waals surface area contributed by atoms with E-state index >= 15 is 0 Å². The molecular weight excluding hydrogens is 257 g/mol. The predicted molar refractivity (Wildman–Crippen MR) is 87.7 cm³/mol. The summed E-state index contributed by atoms with van der Waals surface area (Å²) in [5.74, 6) is 1.98. The van der Waals surface area contributed by atoms with Crippen LogP contribution < -0.4 is 9.47 Å². The Labute approximate surface area is 128 Å². The summed E-state index contributed by atoms with van der Waals surface area (Å²) in [4.78, 5) is 0. The fraction of sp³-hybridized carbons (Fsp3) is 0.111. The van der Waals surface area contributed by atoms with E-state index in [4.69, 9.17) is 9.47 Å². The smallest absolute Gasteiger partial charge is 0.489 e. The van der Waals surface area contributed by atoms with Gasteiger partial charge in [0.2, 0.25) is 0 Å². The molecule has 21 heavy (non-hydrogen) atoms. The summed E-state index contributed by atoms with van der Waals surface area (Å²) in [5.41, 5.74) is 2.35. The van der Waals surface area contributed by atoms with Crippen LogP contribution in [0.3, 0.4) is 0 Å². The Kier molecular flexibility index (Phi) is 5.36. The summed E-state index contributed by atoms with van der Waals surface area (Å²) in [6.45, 7) is 1.41. The molecule has 0 spiro atoms. The van der Waals surface area contributed by atoms with Gasteiger partial charge in [-0.25, -0.2) is 0 Å². The summed E-state index contributed by atoms with van der Waals surface area (Å²) in [6, 6.07) is 16.1. The van der Waals surface area contributed by atoms with Gasteiger partial charge in [-0.05, 0) is 24.3 Å². The topological polar surface area (TPSA) is 18.5 Å². The van der Waals surface area contributed by atoms with E-state index < -0.39 is 0 Å². The molecule has 0 saturated heterocycles. The zero-order chi connectivity index (χ0) is 13.6. The fourth-order valence-electron chi connectivity index (χ4n) is 2.13. The van der Waals surface area contributed by atoms with Crippen molar-refractivity contribution in [1.29, 1.82) is 0 Å². The Morgan fingerprint density at radius 1 is 0.619 bits per heavy atom. The maximum Gasteiger partial charge on any atom is 2.00 e. The number of rotatable bonds is 0. The number of para-hydroxylation sites is 2. The van der Waals surface area contributed by atoms with Gasteiger partial charge in [-0.1, -0.05) is 48.6 Å². The monoisotopic (exact) mass is 273 g/mol. The van der Waals surface area contributed by atoms with Gasteiger partial charge in [-0.3, -0.25) is 0 Å². The van der Waals surface area contributed by atoms with E-state index in [-0.39, 0.29) is 10.1 Å². The quantitative estimate of drug-likeness (QED) is 0.680. The van der Waals surface area contributed by atoms with Crippen LogP contribution in [-0.2, 0) is 0 Å². The van der Waals surface area contributed by atoms with Gasteiger partial charge in [0.25, 0.3) is 0 Å². The minimum atomic E-state index is 0. The number of fused-ring (bicyclic) bond motifs is 2. The van der Waals surface area contributed by atoms with Crippen molar-refractivity contribution in [3.8, 4) is 11.5 Å². The summed E-state index contributed by atoms with van der Waals surface area (Å²) in [5, 5.41) is 0. The zero-order valence-electron chi connectivity index (χ0n) is 11.9. The maximum atomic E-state index is 5.34. The van der Waals surface area contributed by atoms with E-state index in [1.54, 1.807) is 0 Å². The average Bonchev–Trinajstić information content (AvgIpc) is 2.56. The molecule has 0 aliphatic carbocycles. The summed E-state index contributed by atoms with van der Waals surface area (Å²) in [7, 11) is 0. The van der Waals surface area contributed by atoms with Crippen LogP contribution >= 0.6 is 0 Å². The van der Waals surface area contributed by atoms with Crippen LogP contribution in [0.1, 0.15) is 11.1 Å². The van der Waals surface area contributed by atoms with Gasteiger partial charge in [0.15, 0.2) is 0 Å². The van der Waals surface area contributed by atoms with Crippen LogP contribution in [0.4, 0.5) is 0 Å². The van der Waals surface area contributed by atoms with Crippen LogP contribution in [-0.4, -0.2) is 23.3 Å². The Hall–Kier alpha value is -2.31. The summed E-state index contributed by atoms with van der Waals surface area (Å²) in [6.07, 6.45) is 8.20. The van der Waals surface area contributed by atoms with E-state index in [9.17, 15) is 0 Å². The third-order valence-electron chi connectivity index (χ3n) is 3.10. The van der Waals surface area contributed by atoms with E-state index in [1.165, 1.54) is 11.1 Å². The first-order valence-corrected chi connectivity index (χ1v) is 6.70. The van der Waals surface area contributed by atoms with Gasteiger partial charge in [0.05, 0.1) is 0 Å². The molecular formula is C18H16BeO2+2. The molecule has 0 unspecified atom stereocenters. The number of ether oxygens (including phenoxy) is 2. The third-order valence-corrected chi connectivity index (χ3v) is 3.10. The molecule has 100 valence electrons. The molecule has 2 nitrogen and oxygen atoms in total. The van der Waals surface area contributed by atoms with Crippen LogP contribution in [0, 0.1) is 0 Å². The minimum absolute atomic E-state index is 0. The molecule has 2 aliphatic rings. The standard InChI is InChI=1S/2C9H8O.Be/c2*1-2-6-9-8(4-1)5-3-7-10-9;/h2*1-6H,7H2;/q;;+2. The number of hydrogen-bond donors (Lipinski definition) is 0. The molecule has 2 aromatic carbocycles. The van der Waals surface area contributed by atoms with E-state index in [0.717, 1.165) is 11.5 Å². The molecule has 2 aromatic rings. The van der Waals surface area contributed by atoms with Crippen LogP contribution in [0.15, 0.2) is 60.7 Å². The second kappa shape index (κ2) is 7.47. The molecule has 3 heteroatoms. The third kappa shape index (κ3) is 3.84. The Morgan fingerprint density at radius 2 is 1.05 bits per heavy atom. The SMILES string of the molecule is C1=Cc2ccccc2OC1.C1=Cc2ccccc2OC1.[Be+2]. The Balaban J connectivity index is 0.000000147. The van der Waals surface area contributed by atoms with Crippen molar-refractivity contribution in [2.75, 3.05) is 13.2 Å². The second-order valence-electron chi connectivity index (χ2n) is 4.50. The largest absolute Gasteiger partial charge is 2.00 e. The molecule has 0 fully saturated rings. The molecule has 2 aliphatic heterocycles. The van der Waals surface area contributed by atoms with Crippen molar-refractivity contribution >= 4 is 22.3 Å². The molecule has 0 N–H and O–H groups in total. The van der Waals surface area contributed by atoms with Crippen molar-refractivity contribution < 1.29 is 9.47 Å². The molecule has 0 radical (unpaired) electrons. The number of hydrogen-bond acceptors (Lipinski definition) is 2. The van der Waals surface area contributed by atoms with Gasteiger partial charge >= 0.3 is 10.1 Å². The minimum Gasteiger partial charge on any atom is -0.489 e. The van der Waals surface area contributed by atoms with Crippen molar-refractivity contribution in [3.63, 3.8) is 0 Å². The maximum absolute atomic E-state index is 5.34. The molecule has 0 saturated carbocycles. The van der Waals surface area contributed by atoms with Crippen molar-refractivity contribution in [2.45, 2.75) is 0 Å². The molecule has 0 amide bonds. The van der Waals surface area contributed by atoms with Gasteiger partial charge < -0.3 is 9.47 Å². The van der Waals surface area contributed by atoms with E-state index in [0.29, 0.717) is 13.2 Å². The van der Waals surface area contributed by atoms with Crippen molar-refractivity contribution in [2.24, 2.45) is 0 Å². The average molecular weight is 273 g/mol. The summed E-state index contributed by atoms with van der Waals surface area (Å²) < 4.78 is 10.7. The van der Waals surface area contributed by atoms with Crippen LogP contribution in [0.5, 0.6) is 11.5 Å². The second-order valence-corrected chi connectivity index (χ2v) is 4.50. The summed E-state index contributed by atoms with van der Waals surface area (Å²) >= 11 is 0.